The number of benzene rings is 2. The van der Waals surface area contributed by atoms with Gasteiger partial charge in [-0.05, 0) is 17.7 Å². The predicted octanol–water partition coefficient (Wildman–Crippen LogP) is 3.68. The number of carbonyl (C=O) groups is 2. The van der Waals surface area contributed by atoms with Crippen LogP contribution in [0.1, 0.15) is 21.8 Å². The molecule has 0 spiro atoms. The lowest BCUT2D eigenvalue weighted by Gasteiger charge is -2.22. The van der Waals surface area contributed by atoms with Crippen molar-refractivity contribution in [3.63, 3.8) is 0 Å². The van der Waals surface area contributed by atoms with Crippen molar-refractivity contribution < 1.29 is 14.1 Å². The van der Waals surface area contributed by atoms with Crippen molar-refractivity contribution in [2.24, 2.45) is 0 Å². The molecule has 0 aliphatic carbocycles. The standard InChI is InChI=1S/C24H20N4O3S/c1-28-22-18-9-10-25-13-16(18)7-8-21(22)32-14-20(24(28)30)26-23(29)19-12-17(31-27-19)11-15-5-3-2-4-6-15/h2-10,12-13,20H,11,14H2,1H3,(H,26,29)/t20-/m0/s1. The summed E-state index contributed by atoms with van der Waals surface area (Å²) < 4.78 is 5.33. The average molecular weight is 445 g/mol. The first-order chi connectivity index (χ1) is 15.6. The minimum atomic E-state index is -0.684. The second-order valence-corrected chi connectivity index (χ2v) is 8.65. The number of fused-ring (bicyclic) bond motifs is 3. The van der Waals surface area contributed by atoms with Crippen molar-refractivity contribution in [3.05, 3.63) is 84.0 Å². The molecule has 0 radical (unpaired) electrons. The van der Waals surface area contributed by atoms with E-state index in [0.29, 0.717) is 17.9 Å². The van der Waals surface area contributed by atoms with Crippen molar-refractivity contribution >= 4 is 40.0 Å². The van der Waals surface area contributed by atoms with Crippen LogP contribution in [-0.4, -0.2) is 40.8 Å². The average Bonchev–Trinajstić information content (AvgIpc) is 3.25. The number of rotatable bonds is 4. The zero-order chi connectivity index (χ0) is 22.1. The Bertz CT molecular complexity index is 1310. The first-order valence-electron chi connectivity index (χ1n) is 10.2. The summed E-state index contributed by atoms with van der Waals surface area (Å²) in [5.74, 6) is 0.405. The zero-order valence-electron chi connectivity index (χ0n) is 17.3. The number of hydrogen-bond donors (Lipinski definition) is 1. The van der Waals surface area contributed by atoms with Gasteiger partial charge < -0.3 is 14.7 Å². The first-order valence-corrected chi connectivity index (χ1v) is 11.2. The number of aromatic nitrogens is 2. The molecule has 1 aliphatic rings. The second-order valence-electron chi connectivity index (χ2n) is 7.58. The van der Waals surface area contributed by atoms with Crippen LogP contribution in [0.3, 0.4) is 0 Å². The van der Waals surface area contributed by atoms with Gasteiger partial charge in [-0.25, -0.2) is 0 Å². The maximum atomic E-state index is 13.2. The third-order valence-electron chi connectivity index (χ3n) is 5.44. The van der Waals surface area contributed by atoms with Gasteiger partial charge in [-0.1, -0.05) is 41.6 Å². The minimum absolute atomic E-state index is 0.162. The Morgan fingerprint density at radius 1 is 1.22 bits per heavy atom. The summed E-state index contributed by atoms with van der Waals surface area (Å²) >= 11 is 1.54. The quantitative estimate of drug-likeness (QED) is 0.517. The molecule has 0 unspecified atom stereocenters. The first kappa shape index (κ1) is 20.3. The smallest absolute Gasteiger partial charge is 0.274 e. The van der Waals surface area contributed by atoms with Crippen LogP contribution in [-0.2, 0) is 11.2 Å². The van der Waals surface area contributed by atoms with Crippen LogP contribution < -0.4 is 10.2 Å². The number of nitrogens with zero attached hydrogens (tertiary/aromatic N) is 3. The predicted molar refractivity (Wildman–Crippen MR) is 123 cm³/mol. The van der Waals surface area contributed by atoms with Gasteiger partial charge in [0.2, 0.25) is 5.91 Å². The summed E-state index contributed by atoms with van der Waals surface area (Å²) in [6, 6.07) is 16.6. The fraction of sp³-hybridized carbons (Fsp3) is 0.167. The number of thioether (sulfide) groups is 1. The molecular weight excluding hydrogens is 424 g/mol. The SMILES string of the molecule is CN1C(=O)[C@@H](NC(=O)c2cc(Cc3ccccc3)on2)CSc2ccc3cnccc3c21. The highest BCUT2D eigenvalue weighted by atomic mass is 32.2. The maximum Gasteiger partial charge on any atom is 0.274 e. The molecule has 160 valence electrons. The Hall–Kier alpha value is -3.65. The highest BCUT2D eigenvalue weighted by Crippen LogP contribution is 2.39. The molecule has 1 atom stereocenters. The summed E-state index contributed by atoms with van der Waals surface area (Å²) in [5.41, 5.74) is 2.06. The summed E-state index contributed by atoms with van der Waals surface area (Å²) in [4.78, 5) is 32.8. The monoisotopic (exact) mass is 444 g/mol. The van der Waals surface area contributed by atoms with Gasteiger partial charge in [0, 0.05) is 53.3 Å². The van der Waals surface area contributed by atoms with Gasteiger partial charge in [0.25, 0.3) is 5.91 Å². The van der Waals surface area contributed by atoms with E-state index in [1.54, 1.807) is 42.2 Å². The van der Waals surface area contributed by atoms with Crippen LogP contribution in [0.2, 0.25) is 0 Å². The van der Waals surface area contributed by atoms with Gasteiger partial charge in [0.15, 0.2) is 5.69 Å². The van der Waals surface area contributed by atoms with Crippen LogP contribution >= 0.6 is 11.8 Å². The normalized spacial score (nSPS) is 16.0. The van der Waals surface area contributed by atoms with E-state index in [2.05, 4.69) is 15.5 Å². The van der Waals surface area contributed by atoms with E-state index in [-0.39, 0.29) is 11.6 Å². The van der Waals surface area contributed by atoms with E-state index < -0.39 is 11.9 Å². The molecule has 3 heterocycles. The third kappa shape index (κ3) is 3.85. The molecule has 0 fully saturated rings. The van der Waals surface area contributed by atoms with Crippen LogP contribution in [0.5, 0.6) is 0 Å². The fourth-order valence-corrected chi connectivity index (χ4v) is 4.94. The number of nitrogens with one attached hydrogen (secondary N) is 1. The highest BCUT2D eigenvalue weighted by molar-refractivity contribution is 7.99. The van der Waals surface area contributed by atoms with Gasteiger partial charge in [-0.3, -0.25) is 14.6 Å². The lowest BCUT2D eigenvalue weighted by molar-refractivity contribution is -0.119. The Morgan fingerprint density at radius 3 is 2.91 bits per heavy atom. The van der Waals surface area contributed by atoms with Crippen molar-refractivity contribution in [3.8, 4) is 0 Å². The van der Waals surface area contributed by atoms with Gasteiger partial charge in [-0.2, -0.15) is 0 Å². The van der Waals surface area contributed by atoms with Crippen LogP contribution in [0, 0.1) is 0 Å². The highest BCUT2D eigenvalue weighted by Gasteiger charge is 2.31. The molecule has 2 aromatic heterocycles. The number of pyridine rings is 1. The molecule has 1 N–H and O–H groups in total. The lowest BCUT2D eigenvalue weighted by Crippen LogP contribution is -2.48. The van der Waals surface area contributed by atoms with Gasteiger partial charge in [-0.15, -0.1) is 11.8 Å². The van der Waals surface area contributed by atoms with Crippen molar-refractivity contribution in [1.29, 1.82) is 0 Å². The molecule has 0 bridgehead atoms. The van der Waals surface area contributed by atoms with Crippen LogP contribution in [0.15, 0.2) is 76.4 Å². The van der Waals surface area contributed by atoms with Crippen LogP contribution in [0.25, 0.3) is 10.8 Å². The van der Waals surface area contributed by atoms with E-state index in [0.717, 1.165) is 26.9 Å². The molecule has 7 nitrogen and oxygen atoms in total. The molecule has 4 aromatic rings. The number of hydrogen-bond acceptors (Lipinski definition) is 6. The number of anilines is 1. The molecule has 2 aromatic carbocycles. The van der Waals surface area contributed by atoms with E-state index in [4.69, 9.17) is 4.52 Å². The summed E-state index contributed by atoms with van der Waals surface area (Å²) in [6.45, 7) is 0. The molecule has 8 heteroatoms. The lowest BCUT2D eigenvalue weighted by atomic mass is 10.1. The van der Waals surface area contributed by atoms with Crippen LogP contribution in [0.4, 0.5) is 5.69 Å². The van der Waals surface area contributed by atoms with Crippen molar-refractivity contribution in [2.75, 3.05) is 17.7 Å². The summed E-state index contributed by atoms with van der Waals surface area (Å²) in [5, 5.41) is 8.64. The van der Waals surface area contributed by atoms with Crippen molar-refractivity contribution in [2.45, 2.75) is 17.4 Å². The zero-order valence-corrected chi connectivity index (χ0v) is 18.1. The Labute approximate surface area is 188 Å². The minimum Gasteiger partial charge on any atom is -0.360 e. The number of likely N-dealkylation sites (N-methyl/N-ethyl adjacent to an activating group) is 1. The van der Waals surface area contributed by atoms with E-state index in [9.17, 15) is 9.59 Å². The molecule has 0 saturated heterocycles. The third-order valence-corrected chi connectivity index (χ3v) is 6.58. The second kappa shape index (κ2) is 8.47. The van der Waals surface area contributed by atoms with Gasteiger partial charge in [0.1, 0.15) is 11.8 Å². The number of carbonyl (C=O) groups excluding carboxylic acids is 2. The van der Waals surface area contributed by atoms with Crippen molar-refractivity contribution in [1.82, 2.24) is 15.5 Å². The molecular formula is C24H20N4O3S. The Kier molecular flexibility index (Phi) is 5.36. The van der Waals surface area contributed by atoms with E-state index >= 15 is 0 Å². The fourth-order valence-electron chi connectivity index (χ4n) is 3.82. The topological polar surface area (TPSA) is 88.3 Å². The molecule has 1 aliphatic heterocycles. The van der Waals surface area contributed by atoms with E-state index in [1.807, 2.05) is 48.5 Å². The summed E-state index contributed by atoms with van der Waals surface area (Å²) in [6.07, 6.45) is 4.03. The van der Waals surface area contributed by atoms with E-state index in [1.165, 1.54) is 0 Å². The molecule has 5 rings (SSSR count). The maximum absolute atomic E-state index is 13.2. The van der Waals surface area contributed by atoms with Gasteiger partial charge >= 0.3 is 0 Å². The molecule has 2 amide bonds. The summed E-state index contributed by atoms with van der Waals surface area (Å²) in [7, 11) is 1.74. The Balaban J connectivity index is 1.33. The molecule has 0 saturated carbocycles. The largest absolute Gasteiger partial charge is 0.360 e. The Morgan fingerprint density at radius 2 is 2.06 bits per heavy atom. The molecule has 32 heavy (non-hydrogen) atoms. The number of amides is 2. The van der Waals surface area contributed by atoms with Gasteiger partial charge in [0.05, 0.1) is 5.69 Å².